The second-order valence-electron chi connectivity index (χ2n) is 27.6. The number of phosphoric acid groups is 1. The van der Waals surface area contributed by atoms with Crippen molar-refractivity contribution in [1.82, 2.24) is 14.7 Å². The maximum Gasteiger partial charge on any atom is 0.482 e. The van der Waals surface area contributed by atoms with Gasteiger partial charge in [-0.1, -0.05) is 230 Å². The first-order valence-corrected chi connectivity index (χ1v) is 42.8. The summed E-state index contributed by atoms with van der Waals surface area (Å²) in [5.74, 6) is 3.82. The molecule has 0 saturated heterocycles. The molecular weight excluding hydrogens is 1750 g/mol. The van der Waals surface area contributed by atoms with Crippen LogP contribution >= 0.6 is 147 Å². The van der Waals surface area contributed by atoms with E-state index in [1.807, 2.05) is 203 Å². The summed E-state index contributed by atoms with van der Waals surface area (Å²) in [6, 6.07) is 55.0. The Morgan fingerprint density at radius 3 is 0.845 bits per heavy atom. The van der Waals surface area contributed by atoms with Crippen molar-refractivity contribution in [2.75, 3.05) is 103 Å². The smallest absolute Gasteiger partial charge is 0.482 e. The van der Waals surface area contributed by atoms with Crippen LogP contribution in [0.5, 0.6) is 34.5 Å². The summed E-state index contributed by atoms with van der Waals surface area (Å²) in [5.41, 5.74) is 9.09. The molecule has 9 aromatic rings. The van der Waals surface area contributed by atoms with E-state index in [2.05, 4.69) is 0 Å². The van der Waals surface area contributed by atoms with Gasteiger partial charge in [-0.05, 0) is 205 Å². The molecule has 0 radical (unpaired) electrons. The first kappa shape index (κ1) is 94.2. The molecule has 9 rings (SSSR count). The van der Waals surface area contributed by atoms with E-state index in [9.17, 15) is 0 Å². The van der Waals surface area contributed by atoms with E-state index in [1.54, 1.807) is 21.3 Å². The Hall–Kier alpha value is -5.65. The Balaban J connectivity index is 1.23. The standard InChI is InChI=1S/C87H90Cl12N3O13P/c1-100(2)49-64(52-107-82-28-13-10-22-58(82)34-31-55-19-16-25-61(37-55)104-7)110-85(70(46-88)67-40-76(94)79(97)43-73(67)91)113-116(103,114-86(71(47-89)68-41-77(95)80(98)44-74(68)92)111-65(50-101(3)4)53-108-83-29-14-11-23-59(83)35-32-56-20-17-26-62(38-56)105-8)115-87(72(48-90)69-42-78(96)81(99)45-75(69)93)112-66(51-102(5)6)54-109-84-30-15-12-24-60(84)36-33-57-21-18-27-63(39-57)106-9/h10-30,37-48,64-66,85-87H,31-36,49-54H2,1-9H3/b70-46-,71-47+,72-48+/t64-,65-,66-,85?,86?,87?,116?/m1/s1. The second kappa shape index (κ2) is 47.0. The van der Waals surface area contributed by atoms with E-state index in [-0.39, 0.29) is 118 Å². The number of rotatable bonds is 45. The van der Waals surface area contributed by atoms with Crippen molar-refractivity contribution in [2.45, 2.75) is 75.7 Å². The van der Waals surface area contributed by atoms with E-state index < -0.39 is 45.0 Å². The van der Waals surface area contributed by atoms with Crippen molar-refractivity contribution < 1.29 is 60.8 Å². The second-order valence-corrected chi connectivity index (χ2v) is 33.4. The lowest BCUT2D eigenvalue weighted by atomic mass is 10.0. The number of nitrogens with zero attached hydrogens (tertiary/aromatic N) is 3. The lowest BCUT2D eigenvalue weighted by Crippen LogP contribution is -2.40. The third kappa shape index (κ3) is 28.2. The van der Waals surface area contributed by atoms with E-state index in [1.165, 1.54) is 36.4 Å². The van der Waals surface area contributed by atoms with E-state index in [0.717, 1.165) is 67.2 Å². The highest BCUT2D eigenvalue weighted by molar-refractivity contribution is 7.48. The fourth-order valence-corrected chi connectivity index (χ4v) is 16.4. The molecule has 0 spiro atoms. The van der Waals surface area contributed by atoms with E-state index in [4.69, 9.17) is 195 Å². The average molecular weight is 1840 g/mol. The highest BCUT2D eigenvalue weighted by Crippen LogP contribution is 2.58. The summed E-state index contributed by atoms with van der Waals surface area (Å²) in [5, 5.41) is 0.336. The van der Waals surface area contributed by atoms with Gasteiger partial charge in [0.1, 0.15) is 72.6 Å². The number of hydrogen-bond donors (Lipinski definition) is 0. The summed E-state index contributed by atoms with van der Waals surface area (Å²) < 4.78 is 98.3. The van der Waals surface area contributed by atoms with Gasteiger partial charge in [0.25, 0.3) is 0 Å². The molecule has 0 aliphatic carbocycles. The van der Waals surface area contributed by atoms with Gasteiger partial charge in [-0.25, -0.2) is 4.57 Å². The third-order valence-electron chi connectivity index (χ3n) is 18.0. The molecule has 0 bridgehead atoms. The predicted octanol–water partition coefficient (Wildman–Crippen LogP) is 24.3. The minimum Gasteiger partial charge on any atom is -0.497 e. The van der Waals surface area contributed by atoms with Crippen LogP contribution in [0.3, 0.4) is 0 Å². The summed E-state index contributed by atoms with van der Waals surface area (Å²) in [7, 11) is 9.96. The van der Waals surface area contributed by atoms with Crippen LogP contribution in [0, 0.1) is 0 Å². The summed E-state index contributed by atoms with van der Waals surface area (Å²) in [6.45, 7) is -0.221. The summed E-state index contributed by atoms with van der Waals surface area (Å²) >= 11 is 83.9. The van der Waals surface area contributed by atoms with Gasteiger partial charge in [-0.15, -0.1) is 0 Å². The van der Waals surface area contributed by atoms with Crippen LogP contribution in [-0.2, 0) is 70.9 Å². The van der Waals surface area contributed by atoms with E-state index in [0.29, 0.717) is 55.8 Å². The minimum atomic E-state index is -5.89. The molecule has 116 heavy (non-hydrogen) atoms. The van der Waals surface area contributed by atoms with Gasteiger partial charge in [-0.3, -0.25) is 13.6 Å². The molecule has 9 aromatic carbocycles. The number of phosphoric ester groups is 1. The fraction of sp³-hybridized carbons (Fsp3) is 0.310. The molecule has 0 aromatic heterocycles. The maximum atomic E-state index is 18.1. The van der Waals surface area contributed by atoms with Crippen LogP contribution in [0.25, 0.3) is 16.7 Å². The maximum absolute atomic E-state index is 18.1. The Bertz CT molecular complexity index is 4390. The third-order valence-corrected chi connectivity index (χ3v) is 23.2. The normalized spacial score (nSPS) is 14.3. The molecular formula is C87H90Cl12N3O13P. The number of methoxy groups -OCH3 is 3. The topological polar surface area (TPSA) is 138 Å². The van der Waals surface area contributed by atoms with Crippen LogP contribution in [0.15, 0.2) is 199 Å². The molecule has 0 N–H and O–H groups in total. The van der Waals surface area contributed by atoms with Gasteiger partial charge >= 0.3 is 7.82 Å². The Morgan fingerprint density at radius 2 is 0.595 bits per heavy atom. The molecule has 0 aliphatic heterocycles. The first-order chi connectivity index (χ1) is 55.7. The minimum absolute atomic E-state index is 0.00186. The van der Waals surface area contributed by atoms with Gasteiger partial charge < -0.3 is 57.3 Å². The highest BCUT2D eigenvalue weighted by Gasteiger charge is 2.45. The lowest BCUT2D eigenvalue weighted by Gasteiger charge is -2.36. The summed E-state index contributed by atoms with van der Waals surface area (Å²) in [4.78, 5) is 5.56. The predicted molar refractivity (Wildman–Crippen MR) is 475 cm³/mol. The Kier molecular flexibility index (Phi) is 38.1. The molecule has 0 saturated carbocycles. The Labute approximate surface area is 740 Å². The van der Waals surface area contributed by atoms with Crippen LogP contribution in [0.4, 0.5) is 0 Å². The first-order valence-electron chi connectivity index (χ1n) is 36.6. The molecule has 0 aliphatic rings. The number of aryl methyl sites for hydroxylation is 6. The number of halogens is 12. The van der Waals surface area contributed by atoms with Crippen LogP contribution in [0.1, 0.15) is 50.1 Å². The number of likely N-dealkylation sites (N-methyl/N-ethyl adjacent to an activating group) is 3. The quantitative estimate of drug-likeness (QED) is 0.0203. The zero-order valence-electron chi connectivity index (χ0n) is 65.1. The highest BCUT2D eigenvalue weighted by atomic mass is 35.5. The van der Waals surface area contributed by atoms with Crippen LogP contribution < -0.4 is 28.4 Å². The van der Waals surface area contributed by atoms with Gasteiger partial charge in [0, 0.05) is 84.7 Å². The van der Waals surface area contributed by atoms with Crippen molar-refractivity contribution in [3.05, 3.63) is 294 Å². The number of para-hydroxylation sites is 3. The van der Waals surface area contributed by atoms with Crippen molar-refractivity contribution in [1.29, 1.82) is 0 Å². The average Bonchev–Trinajstić information content (AvgIpc) is 0.782. The molecule has 620 valence electrons. The van der Waals surface area contributed by atoms with E-state index >= 15 is 4.57 Å². The van der Waals surface area contributed by atoms with Crippen molar-refractivity contribution >= 4 is 164 Å². The largest absolute Gasteiger partial charge is 0.497 e. The van der Waals surface area contributed by atoms with Crippen LogP contribution in [-0.4, -0.2) is 155 Å². The molecule has 3 unspecified atom stereocenters. The van der Waals surface area contributed by atoms with Crippen molar-refractivity contribution in [3.8, 4) is 34.5 Å². The number of benzene rings is 9. The molecule has 0 amide bonds. The number of hydrogen-bond acceptors (Lipinski definition) is 16. The SMILES string of the molecule is COc1cccc(CCc2ccccc2OC[C@@H](CN(C)C)OC(OP(=O)(OC(O[C@@H](COc2ccccc2CCc2cccc(OC)c2)CN(C)C)/C(=C/Cl)c2cc(Cl)c(Cl)cc2Cl)OC(O[C@@H](COc2ccccc2CCc2cccc(OC)c2)CN(C)C)/C(=C/Cl)c2cc(Cl)c(Cl)cc2Cl)/C(=C\Cl)c2cc(Cl)c(Cl)cc2Cl)c1. The zero-order valence-corrected chi connectivity index (χ0v) is 75.1. The molecule has 6 atom stereocenters. The molecule has 0 fully saturated rings. The Morgan fingerprint density at radius 1 is 0.336 bits per heavy atom. The summed E-state index contributed by atoms with van der Waals surface area (Å²) in [6.07, 6.45) is -5.57. The van der Waals surface area contributed by atoms with Crippen molar-refractivity contribution in [2.24, 2.45) is 0 Å². The molecule has 16 nitrogen and oxygen atoms in total. The van der Waals surface area contributed by atoms with Crippen molar-refractivity contribution in [3.63, 3.8) is 0 Å². The monoisotopic (exact) mass is 1840 g/mol. The van der Waals surface area contributed by atoms with Crippen LogP contribution in [0.2, 0.25) is 45.2 Å². The van der Waals surface area contributed by atoms with Gasteiger partial charge in [0.2, 0.25) is 0 Å². The molecule has 29 heteroatoms. The zero-order chi connectivity index (χ0) is 83.6. The van der Waals surface area contributed by atoms with Gasteiger partial charge in [0.05, 0.1) is 51.5 Å². The van der Waals surface area contributed by atoms with Gasteiger partial charge in [0.15, 0.2) is 18.9 Å². The fourth-order valence-electron chi connectivity index (χ4n) is 12.4. The number of ether oxygens (including phenoxy) is 9. The lowest BCUT2D eigenvalue weighted by molar-refractivity contribution is -0.161. The van der Waals surface area contributed by atoms with Gasteiger partial charge in [-0.2, -0.15) is 0 Å². The molecule has 0 heterocycles.